The van der Waals surface area contributed by atoms with E-state index in [4.69, 9.17) is 16.0 Å². The Morgan fingerprint density at radius 1 is 1.48 bits per heavy atom. The number of halogens is 1. The van der Waals surface area contributed by atoms with Crippen molar-refractivity contribution in [1.82, 2.24) is 15.1 Å². The van der Waals surface area contributed by atoms with E-state index in [2.05, 4.69) is 17.1 Å². The summed E-state index contributed by atoms with van der Waals surface area (Å²) in [6.07, 6.45) is 4.43. The van der Waals surface area contributed by atoms with Crippen LogP contribution in [0.25, 0.3) is 10.8 Å². The van der Waals surface area contributed by atoms with Gasteiger partial charge >= 0.3 is 0 Å². The average molecular weight is 372 g/mol. The highest BCUT2D eigenvalue weighted by atomic mass is 35.5. The first-order valence-corrected chi connectivity index (χ1v) is 9.87. The zero-order valence-corrected chi connectivity index (χ0v) is 15.2. The molecule has 3 heterocycles. The smallest absolute Gasteiger partial charge is 0.277 e. The topological polar surface area (TPSA) is 59.2 Å². The third kappa shape index (κ3) is 4.08. The first kappa shape index (κ1) is 16.8. The summed E-state index contributed by atoms with van der Waals surface area (Å²) in [7, 11) is 0. The number of hydrogen-bond acceptors (Lipinski definition) is 6. The molecule has 0 aromatic carbocycles. The molecule has 0 N–H and O–H groups in total. The van der Waals surface area contributed by atoms with E-state index >= 15 is 0 Å². The summed E-state index contributed by atoms with van der Waals surface area (Å²) >= 11 is 8.59. The van der Waals surface area contributed by atoms with Gasteiger partial charge in [0, 0.05) is 12.6 Å². The SMILES string of the molecule is CC[C@@H]1CCCCN1C(=O)CSc1nnc(-c2ccc(Cl)s2)o1. The predicted octanol–water partition coefficient (Wildman–Crippen LogP) is 4.33. The second-order valence-electron chi connectivity index (χ2n) is 5.41. The zero-order chi connectivity index (χ0) is 16.2. The Kier molecular flexibility index (Phi) is 5.61. The van der Waals surface area contributed by atoms with Gasteiger partial charge in [-0.3, -0.25) is 4.79 Å². The number of carbonyl (C=O) groups is 1. The lowest BCUT2D eigenvalue weighted by molar-refractivity contribution is -0.132. The van der Waals surface area contributed by atoms with Crippen molar-refractivity contribution in [2.45, 2.75) is 43.9 Å². The molecule has 0 radical (unpaired) electrons. The quantitative estimate of drug-likeness (QED) is 0.732. The van der Waals surface area contributed by atoms with E-state index in [-0.39, 0.29) is 5.91 Å². The molecule has 0 aliphatic carbocycles. The summed E-state index contributed by atoms with van der Waals surface area (Å²) in [5.41, 5.74) is 0. The van der Waals surface area contributed by atoms with Crippen molar-refractivity contribution in [1.29, 1.82) is 0 Å². The first-order chi connectivity index (χ1) is 11.2. The number of thioether (sulfide) groups is 1. The minimum absolute atomic E-state index is 0.153. The molecule has 1 aliphatic rings. The Labute approximate surface area is 148 Å². The molecule has 23 heavy (non-hydrogen) atoms. The van der Waals surface area contributed by atoms with E-state index in [9.17, 15) is 4.79 Å². The minimum atomic E-state index is 0.153. The van der Waals surface area contributed by atoms with Crippen molar-refractivity contribution < 1.29 is 9.21 Å². The molecule has 1 amide bonds. The van der Waals surface area contributed by atoms with Gasteiger partial charge in [0.15, 0.2) is 0 Å². The molecule has 0 unspecified atom stereocenters. The molecule has 124 valence electrons. The molecule has 2 aromatic heterocycles. The van der Waals surface area contributed by atoms with E-state index in [1.165, 1.54) is 29.5 Å². The lowest BCUT2D eigenvalue weighted by atomic mass is 10.0. The van der Waals surface area contributed by atoms with Crippen LogP contribution in [0.1, 0.15) is 32.6 Å². The Bertz CT molecular complexity index is 673. The summed E-state index contributed by atoms with van der Waals surface area (Å²) in [6, 6.07) is 4.02. The monoisotopic (exact) mass is 371 g/mol. The first-order valence-electron chi connectivity index (χ1n) is 7.69. The molecule has 1 atom stereocenters. The number of hydrogen-bond donors (Lipinski definition) is 0. The third-order valence-electron chi connectivity index (χ3n) is 3.93. The van der Waals surface area contributed by atoms with Crippen molar-refractivity contribution in [2.75, 3.05) is 12.3 Å². The van der Waals surface area contributed by atoms with Gasteiger partial charge in [-0.05, 0) is 37.8 Å². The Morgan fingerprint density at radius 2 is 2.35 bits per heavy atom. The minimum Gasteiger partial charge on any atom is -0.410 e. The highest BCUT2D eigenvalue weighted by Crippen LogP contribution is 2.31. The zero-order valence-electron chi connectivity index (χ0n) is 12.8. The standard InChI is InChI=1S/C15H18ClN3O2S2/c1-2-10-5-3-4-8-19(10)13(20)9-22-15-18-17-14(21-15)11-6-7-12(16)23-11/h6-7,10H,2-5,8-9H2,1H3/t10-/m1/s1. The number of aromatic nitrogens is 2. The fourth-order valence-electron chi connectivity index (χ4n) is 2.76. The van der Waals surface area contributed by atoms with Crippen LogP contribution in [0.4, 0.5) is 0 Å². The number of thiophene rings is 1. The molecule has 0 saturated carbocycles. The van der Waals surface area contributed by atoms with Gasteiger partial charge in [0.1, 0.15) is 0 Å². The van der Waals surface area contributed by atoms with Crippen molar-refractivity contribution in [3.8, 4) is 10.8 Å². The van der Waals surface area contributed by atoms with Crippen LogP contribution in [-0.2, 0) is 4.79 Å². The Hall–Kier alpha value is -1.05. The molecule has 5 nitrogen and oxygen atoms in total. The molecule has 8 heteroatoms. The third-order valence-corrected chi connectivity index (χ3v) is 5.95. The summed E-state index contributed by atoms with van der Waals surface area (Å²) in [5, 5.41) is 8.43. The number of piperidine rings is 1. The second kappa shape index (κ2) is 7.68. The second-order valence-corrected chi connectivity index (χ2v) is 8.05. The highest BCUT2D eigenvalue weighted by Gasteiger charge is 2.25. The lowest BCUT2D eigenvalue weighted by Gasteiger charge is -2.35. The van der Waals surface area contributed by atoms with E-state index < -0.39 is 0 Å². The van der Waals surface area contributed by atoms with Crippen LogP contribution in [0.3, 0.4) is 0 Å². The number of amides is 1. The maximum atomic E-state index is 12.4. The van der Waals surface area contributed by atoms with E-state index in [1.54, 1.807) is 6.07 Å². The van der Waals surface area contributed by atoms with Crippen molar-refractivity contribution in [2.24, 2.45) is 0 Å². The van der Waals surface area contributed by atoms with Gasteiger partial charge in [0.2, 0.25) is 5.91 Å². The number of carbonyl (C=O) groups excluding carboxylic acids is 1. The van der Waals surface area contributed by atoms with Crippen molar-refractivity contribution >= 4 is 40.6 Å². The van der Waals surface area contributed by atoms with Crippen LogP contribution < -0.4 is 0 Å². The van der Waals surface area contributed by atoms with Crippen LogP contribution in [0.2, 0.25) is 4.34 Å². The van der Waals surface area contributed by atoms with E-state index in [1.807, 2.05) is 11.0 Å². The number of likely N-dealkylation sites (tertiary alicyclic amines) is 1. The number of nitrogens with zero attached hydrogens (tertiary/aromatic N) is 3. The molecular weight excluding hydrogens is 354 g/mol. The van der Waals surface area contributed by atoms with Gasteiger partial charge < -0.3 is 9.32 Å². The molecule has 1 saturated heterocycles. The summed E-state index contributed by atoms with van der Waals surface area (Å²) in [4.78, 5) is 15.3. The van der Waals surface area contributed by atoms with Gasteiger partial charge in [-0.2, -0.15) is 0 Å². The van der Waals surface area contributed by atoms with Crippen molar-refractivity contribution in [3.05, 3.63) is 16.5 Å². The fraction of sp³-hybridized carbons (Fsp3) is 0.533. The maximum absolute atomic E-state index is 12.4. The summed E-state index contributed by atoms with van der Waals surface area (Å²) in [6.45, 7) is 3.00. The normalized spacial score (nSPS) is 18.3. The molecule has 0 bridgehead atoms. The molecule has 1 aliphatic heterocycles. The molecule has 1 fully saturated rings. The van der Waals surface area contributed by atoms with E-state index in [0.29, 0.717) is 27.2 Å². The van der Waals surface area contributed by atoms with Crippen LogP contribution in [0, 0.1) is 0 Å². The van der Waals surface area contributed by atoms with Crippen LogP contribution in [0.15, 0.2) is 21.8 Å². The lowest BCUT2D eigenvalue weighted by Crippen LogP contribution is -2.44. The predicted molar refractivity (Wildman–Crippen MR) is 93.0 cm³/mol. The Balaban J connectivity index is 1.58. The average Bonchev–Trinajstić information content (AvgIpc) is 3.21. The number of rotatable bonds is 5. The largest absolute Gasteiger partial charge is 0.410 e. The van der Waals surface area contributed by atoms with Crippen molar-refractivity contribution in [3.63, 3.8) is 0 Å². The van der Waals surface area contributed by atoms with E-state index in [0.717, 1.165) is 30.7 Å². The van der Waals surface area contributed by atoms with Crippen LogP contribution in [-0.4, -0.2) is 39.3 Å². The highest BCUT2D eigenvalue weighted by molar-refractivity contribution is 7.99. The summed E-state index contributed by atoms with van der Waals surface area (Å²) in [5.74, 6) is 0.935. The molecule has 3 rings (SSSR count). The van der Waals surface area contributed by atoms with Gasteiger partial charge in [-0.25, -0.2) is 0 Å². The van der Waals surface area contributed by atoms with Gasteiger partial charge in [-0.15, -0.1) is 21.5 Å². The van der Waals surface area contributed by atoms with Crippen LogP contribution >= 0.6 is 34.7 Å². The Morgan fingerprint density at radius 3 is 3.09 bits per heavy atom. The maximum Gasteiger partial charge on any atom is 0.277 e. The van der Waals surface area contributed by atoms with Gasteiger partial charge in [0.25, 0.3) is 11.1 Å². The van der Waals surface area contributed by atoms with Crippen LogP contribution in [0.5, 0.6) is 0 Å². The van der Waals surface area contributed by atoms with Gasteiger partial charge in [-0.1, -0.05) is 30.3 Å². The molecule has 2 aromatic rings. The molecular formula is C15H18ClN3O2S2. The summed E-state index contributed by atoms with van der Waals surface area (Å²) < 4.78 is 6.27. The molecule has 0 spiro atoms. The van der Waals surface area contributed by atoms with Gasteiger partial charge in [0.05, 0.1) is 15.0 Å². The fourth-order valence-corrected chi connectivity index (χ4v) is 4.37.